The highest BCUT2D eigenvalue weighted by atomic mass is 28.4. The van der Waals surface area contributed by atoms with Gasteiger partial charge in [0.15, 0.2) is 8.32 Å². The van der Waals surface area contributed by atoms with E-state index in [0.717, 1.165) is 25.3 Å². The van der Waals surface area contributed by atoms with Crippen molar-refractivity contribution in [3.05, 3.63) is 106 Å². The predicted octanol–water partition coefficient (Wildman–Crippen LogP) is 5.52. The highest BCUT2D eigenvalue weighted by molar-refractivity contribution is 6.77. The van der Waals surface area contributed by atoms with Crippen LogP contribution in [-0.2, 0) is 51.0 Å². The third-order valence-electron chi connectivity index (χ3n) is 11.3. The zero-order valence-electron chi connectivity index (χ0n) is 36.3. The number of nitrogens with one attached hydrogen (secondary N) is 4. The lowest BCUT2D eigenvalue weighted by molar-refractivity contribution is -0.123. The molecule has 3 atom stereocenters. The Hall–Kier alpha value is -5.81. The Morgan fingerprint density at radius 1 is 0.803 bits per heavy atom. The Morgan fingerprint density at radius 3 is 1.98 bits per heavy atom. The molecule has 3 heterocycles. The molecule has 5 rings (SSSR count). The molecule has 328 valence electrons. The lowest BCUT2D eigenvalue weighted by Crippen LogP contribution is -2.55. The van der Waals surface area contributed by atoms with Crippen molar-refractivity contribution < 1.29 is 42.3 Å². The number of nitrogens with zero attached hydrogens (tertiary/aromatic N) is 3. The van der Waals surface area contributed by atoms with Crippen LogP contribution in [0.25, 0.3) is 0 Å². The van der Waals surface area contributed by atoms with Gasteiger partial charge in [-0.2, -0.15) is 0 Å². The summed E-state index contributed by atoms with van der Waals surface area (Å²) in [5.74, 6) is -3.53. The minimum absolute atomic E-state index is 0.0130. The van der Waals surface area contributed by atoms with E-state index in [0.29, 0.717) is 12.1 Å². The molecule has 4 aromatic rings. The number of carbonyl (C=O) groups excluding carboxylic acids is 5. The van der Waals surface area contributed by atoms with Crippen LogP contribution >= 0.6 is 0 Å². The van der Waals surface area contributed by atoms with Gasteiger partial charge < -0.3 is 39.6 Å². The second-order valence-corrected chi connectivity index (χ2v) is 21.8. The van der Waals surface area contributed by atoms with Gasteiger partial charge >= 0.3 is 18.0 Å². The topological polar surface area (TPSA) is 205 Å². The third-order valence-corrected chi connectivity index (χ3v) is 17.3. The normalized spacial score (nSPS) is 18.2. The van der Waals surface area contributed by atoms with E-state index in [1.165, 1.54) is 4.68 Å². The van der Waals surface area contributed by atoms with Gasteiger partial charge in [0.25, 0.3) is 5.91 Å². The van der Waals surface area contributed by atoms with E-state index in [-0.39, 0.29) is 72.5 Å². The van der Waals surface area contributed by atoms with Crippen LogP contribution < -0.4 is 21.3 Å². The lowest BCUT2D eigenvalue weighted by atomic mass is 10.0. The maximum absolute atomic E-state index is 14.3. The summed E-state index contributed by atoms with van der Waals surface area (Å²) in [5.41, 5.74) is 2.25. The summed E-state index contributed by atoms with van der Waals surface area (Å²) in [5, 5.41) is 20.3. The molecule has 0 saturated carbocycles. The smallest absolute Gasteiger partial charge is 0.342 e. The molecule has 17 heteroatoms. The van der Waals surface area contributed by atoms with Crippen LogP contribution in [0.1, 0.15) is 102 Å². The van der Waals surface area contributed by atoms with E-state index in [2.05, 4.69) is 73.1 Å². The van der Waals surface area contributed by atoms with E-state index < -0.39 is 62.0 Å². The van der Waals surface area contributed by atoms with Crippen LogP contribution in [-0.4, -0.2) is 92.0 Å². The molecule has 0 spiro atoms. The lowest BCUT2D eigenvalue weighted by Gasteiger charge is -2.43. The fourth-order valence-corrected chi connectivity index (χ4v) is 14.0. The van der Waals surface area contributed by atoms with Crippen LogP contribution in [0.15, 0.2) is 71.3 Å². The molecule has 1 aliphatic rings. The number of amides is 4. The van der Waals surface area contributed by atoms with Gasteiger partial charge in [0, 0.05) is 12.8 Å². The molecule has 4 N–H and O–H groups in total. The molecule has 0 radical (unpaired) electrons. The molecule has 0 aliphatic carbocycles. The number of carbonyl (C=O) groups is 5. The van der Waals surface area contributed by atoms with Crippen molar-refractivity contribution in [2.24, 2.45) is 0 Å². The fourth-order valence-electron chi connectivity index (χ4n) is 8.47. The van der Waals surface area contributed by atoms with E-state index in [1.807, 2.05) is 60.7 Å². The SMILES string of the molecule is COC(=O)c1c2oc(c1C(=O)OC)C(=O)N[C@@H](Cc1ccccc1)Cn1cc(nn1)CNC(=O)[C@@H](Cc1ccccc1)NC(=O)N[C@@H](CO[Si](C(C)C)(C(C)C)C(C)C)CC2. The summed E-state index contributed by atoms with van der Waals surface area (Å²) in [6, 6.07) is 15.9. The maximum atomic E-state index is 14.3. The minimum atomic E-state index is -2.46. The van der Waals surface area contributed by atoms with Gasteiger partial charge in [0.05, 0.1) is 52.2 Å². The van der Waals surface area contributed by atoms with Gasteiger partial charge in [-0.25, -0.2) is 14.4 Å². The first-order chi connectivity index (χ1) is 29.2. The fraction of sp³-hybridized carbons (Fsp3) is 0.477. The first kappa shape index (κ1) is 46.3. The van der Waals surface area contributed by atoms with Gasteiger partial charge in [-0.05, 0) is 40.6 Å². The molecule has 2 aromatic heterocycles. The first-order valence-corrected chi connectivity index (χ1v) is 22.9. The monoisotopic (exact) mass is 857 g/mol. The van der Waals surface area contributed by atoms with E-state index in [1.54, 1.807) is 6.20 Å². The molecule has 16 nitrogen and oxygen atoms in total. The number of benzene rings is 2. The van der Waals surface area contributed by atoms with Crippen LogP contribution in [0.5, 0.6) is 0 Å². The van der Waals surface area contributed by atoms with Gasteiger partial charge in [0.1, 0.15) is 28.6 Å². The average Bonchev–Trinajstić information content (AvgIpc) is 3.85. The van der Waals surface area contributed by atoms with Crippen molar-refractivity contribution in [3.8, 4) is 0 Å². The summed E-state index contributed by atoms with van der Waals surface area (Å²) < 4.78 is 24.9. The summed E-state index contributed by atoms with van der Waals surface area (Å²) >= 11 is 0. The van der Waals surface area contributed by atoms with Crippen molar-refractivity contribution in [2.75, 3.05) is 20.8 Å². The molecule has 2 aromatic carbocycles. The molecule has 1 aliphatic heterocycles. The van der Waals surface area contributed by atoms with Crippen LogP contribution in [0.3, 0.4) is 0 Å². The summed E-state index contributed by atoms with van der Waals surface area (Å²) in [6.07, 6.45) is 2.32. The maximum Gasteiger partial charge on any atom is 0.342 e. The zero-order chi connectivity index (χ0) is 44.3. The molecule has 0 saturated heterocycles. The number of esters is 2. The number of fused-ring (bicyclic) bond motifs is 4. The first-order valence-electron chi connectivity index (χ1n) is 20.7. The van der Waals surface area contributed by atoms with Gasteiger partial charge in [-0.3, -0.25) is 14.3 Å². The Morgan fingerprint density at radius 2 is 1.39 bits per heavy atom. The molecule has 4 bridgehead atoms. The standard InChI is InChI=1S/C44H59N7O9Si/c1-27(2)61(28(3)4,29(5)6)59-26-32-19-20-36-37(42(54)57-7)38(43(55)58-8)39(60-36)41(53)46-33(21-30-15-11-9-12-16-30)24-51-25-34(49-50-51)23-45-40(52)35(48-44(56)47-32)22-31-17-13-10-14-18-31/h9-18,25,27-29,32-33,35H,19-24,26H2,1-8H3,(H,45,52)(H,46,53)(H2,47,48,56)/t32-,33+,35-/m1/s1. The summed E-state index contributed by atoms with van der Waals surface area (Å²) in [7, 11) is -0.163. The number of hydrogen-bond acceptors (Lipinski definition) is 11. The molecule has 61 heavy (non-hydrogen) atoms. The minimum Gasteiger partial charge on any atom is -0.465 e. The Kier molecular flexibility index (Phi) is 16.0. The van der Waals surface area contributed by atoms with Crippen molar-refractivity contribution in [1.82, 2.24) is 36.3 Å². The number of ether oxygens (including phenoxy) is 2. The predicted molar refractivity (Wildman–Crippen MR) is 229 cm³/mol. The summed E-state index contributed by atoms with van der Waals surface area (Å²) in [4.78, 5) is 69.0. The van der Waals surface area contributed by atoms with E-state index in [9.17, 15) is 24.0 Å². The zero-order valence-corrected chi connectivity index (χ0v) is 37.3. The van der Waals surface area contributed by atoms with Crippen molar-refractivity contribution in [2.45, 2.75) is 115 Å². The third kappa shape index (κ3) is 11.5. The van der Waals surface area contributed by atoms with Gasteiger partial charge in [-0.15, -0.1) is 5.10 Å². The number of rotatable bonds is 12. The number of aryl methyl sites for hydroxylation is 1. The summed E-state index contributed by atoms with van der Waals surface area (Å²) in [6.45, 7) is 13.2. The van der Waals surface area contributed by atoms with Crippen molar-refractivity contribution in [1.29, 1.82) is 0 Å². The average molecular weight is 858 g/mol. The van der Waals surface area contributed by atoms with Crippen LogP contribution in [0.4, 0.5) is 4.79 Å². The van der Waals surface area contributed by atoms with E-state index in [4.69, 9.17) is 18.3 Å². The second kappa shape index (κ2) is 21.1. The Balaban J connectivity index is 1.60. The van der Waals surface area contributed by atoms with Gasteiger partial charge in [-0.1, -0.05) is 107 Å². The van der Waals surface area contributed by atoms with Crippen LogP contribution in [0.2, 0.25) is 16.6 Å². The number of hydrogen-bond donors (Lipinski definition) is 4. The van der Waals surface area contributed by atoms with Crippen LogP contribution in [0, 0.1) is 0 Å². The van der Waals surface area contributed by atoms with Gasteiger partial charge in [0.2, 0.25) is 11.7 Å². The molecule has 4 amide bonds. The number of aromatic nitrogens is 3. The number of methoxy groups -OCH3 is 2. The Bertz CT molecular complexity index is 2100. The highest BCUT2D eigenvalue weighted by Gasteiger charge is 2.45. The molecule has 0 unspecified atom stereocenters. The second-order valence-electron chi connectivity index (χ2n) is 16.3. The van der Waals surface area contributed by atoms with E-state index >= 15 is 0 Å². The van der Waals surface area contributed by atoms with Crippen molar-refractivity contribution >= 4 is 38.1 Å². The largest absolute Gasteiger partial charge is 0.465 e. The molecular weight excluding hydrogens is 799 g/mol. The number of furan rings is 1. The molecular formula is C44H59N7O9Si. The van der Waals surface area contributed by atoms with Crippen molar-refractivity contribution in [3.63, 3.8) is 0 Å². The highest BCUT2D eigenvalue weighted by Crippen LogP contribution is 2.42. The molecule has 0 fully saturated rings. The Labute approximate surface area is 358 Å². The number of urea groups is 1. The quantitative estimate of drug-likeness (QED) is 0.103.